The lowest BCUT2D eigenvalue weighted by molar-refractivity contribution is 0.813. The van der Waals surface area contributed by atoms with Crippen LogP contribution in [0.5, 0.6) is 0 Å². The van der Waals surface area contributed by atoms with E-state index in [2.05, 4.69) is 46.5 Å². The molecule has 4 heteroatoms. The van der Waals surface area contributed by atoms with Crippen LogP contribution in [0.4, 0.5) is 5.69 Å². The largest absolute Gasteiger partial charge is 0.372 e. The van der Waals surface area contributed by atoms with Crippen molar-refractivity contribution in [3.63, 3.8) is 0 Å². The summed E-state index contributed by atoms with van der Waals surface area (Å²) < 4.78 is 2.06. The normalized spacial score (nSPS) is 11.1. The van der Waals surface area contributed by atoms with Crippen molar-refractivity contribution in [1.82, 2.24) is 9.55 Å². The van der Waals surface area contributed by atoms with Gasteiger partial charge in [0.05, 0.1) is 17.6 Å². The minimum Gasteiger partial charge on any atom is -0.372 e. The van der Waals surface area contributed by atoms with Crippen LogP contribution < -0.4 is 10.6 Å². The average molecular weight is 232 g/mol. The Bertz CT molecular complexity index is 511. The van der Waals surface area contributed by atoms with Crippen LogP contribution >= 0.6 is 0 Å². The molecule has 4 nitrogen and oxygen atoms in total. The Hall–Kier alpha value is -1.55. The quantitative estimate of drug-likeness (QED) is 0.875. The zero-order valence-electron chi connectivity index (χ0n) is 10.8. The van der Waals surface area contributed by atoms with Gasteiger partial charge in [-0.15, -0.1) is 0 Å². The van der Waals surface area contributed by atoms with E-state index in [0.29, 0.717) is 6.54 Å². The van der Waals surface area contributed by atoms with Crippen LogP contribution in [0.25, 0.3) is 11.0 Å². The summed E-state index contributed by atoms with van der Waals surface area (Å²) >= 11 is 0. The lowest BCUT2D eigenvalue weighted by Crippen LogP contribution is -2.21. The lowest BCUT2D eigenvalue weighted by Gasteiger charge is -2.20. The van der Waals surface area contributed by atoms with E-state index >= 15 is 0 Å². The second-order valence-corrected chi connectivity index (χ2v) is 4.14. The fourth-order valence-corrected chi connectivity index (χ4v) is 2.21. The predicted molar refractivity (Wildman–Crippen MR) is 72.2 cm³/mol. The first kappa shape index (κ1) is 11.9. The number of benzene rings is 1. The van der Waals surface area contributed by atoms with E-state index in [-0.39, 0.29) is 0 Å². The molecule has 0 saturated carbocycles. The molecule has 0 saturated heterocycles. The van der Waals surface area contributed by atoms with Gasteiger partial charge in [-0.3, -0.25) is 0 Å². The van der Waals surface area contributed by atoms with Gasteiger partial charge >= 0.3 is 0 Å². The monoisotopic (exact) mass is 232 g/mol. The van der Waals surface area contributed by atoms with Gasteiger partial charge in [-0.25, -0.2) is 4.98 Å². The number of anilines is 1. The van der Waals surface area contributed by atoms with Crippen molar-refractivity contribution < 1.29 is 0 Å². The van der Waals surface area contributed by atoms with Crippen LogP contribution in [0, 0.1) is 0 Å². The Morgan fingerprint density at radius 3 is 2.59 bits per heavy atom. The van der Waals surface area contributed by atoms with Gasteiger partial charge in [-0.05, 0) is 32.0 Å². The van der Waals surface area contributed by atoms with Crippen molar-refractivity contribution in [2.24, 2.45) is 12.8 Å². The topological polar surface area (TPSA) is 47.1 Å². The van der Waals surface area contributed by atoms with Crippen molar-refractivity contribution >= 4 is 16.7 Å². The van der Waals surface area contributed by atoms with E-state index in [9.17, 15) is 0 Å². The smallest absolute Gasteiger partial charge is 0.123 e. The maximum absolute atomic E-state index is 5.67. The first-order valence-corrected chi connectivity index (χ1v) is 6.11. The summed E-state index contributed by atoms with van der Waals surface area (Å²) in [7, 11) is 2.01. The van der Waals surface area contributed by atoms with Gasteiger partial charge in [0.1, 0.15) is 5.82 Å². The van der Waals surface area contributed by atoms with E-state index in [1.807, 2.05) is 7.05 Å². The van der Waals surface area contributed by atoms with E-state index in [0.717, 1.165) is 29.9 Å². The van der Waals surface area contributed by atoms with E-state index in [1.165, 1.54) is 5.69 Å². The zero-order chi connectivity index (χ0) is 12.4. The number of aromatic nitrogens is 2. The molecule has 0 spiro atoms. The number of hydrogen-bond donors (Lipinski definition) is 1. The molecule has 0 bridgehead atoms. The van der Waals surface area contributed by atoms with Gasteiger partial charge in [-0.2, -0.15) is 0 Å². The third-order valence-electron chi connectivity index (χ3n) is 3.27. The van der Waals surface area contributed by atoms with Crippen LogP contribution in [-0.2, 0) is 13.6 Å². The van der Waals surface area contributed by atoms with Crippen molar-refractivity contribution in [2.75, 3.05) is 18.0 Å². The molecule has 0 aliphatic carbocycles. The van der Waals surface area contributed by atoms with Crippen molar-refractivity contribution in [3.05, 3.63) is 24.0 Å². The summed E-state index contributed by atoms with van der Waals surface area (Å²) in [5.74, 6) is 0.927. The molecule has 0 atom stereocenters. The minimum absolute atomic E-state index is 0.478. The van der Waals surface area contributed by atoms with Crippen molar-refractivity contribution in [3.8, 4) is 0 Å². The maximum atomic E-state index is 5.67. The summed E-state index contributed by atoms with van der Waals surface area (Å²) in [5.41, 5.74) is 9.06. The van der Waals surface area contributed by atoms with Gasteiger partial charge in [0, 0.05) is 25.8 Å². The van der Waals surface area contributed by atoms with Crippen LogP contribution in [0.1, 0.15) is 19.7 Å². The van der Waals surface area contributed by atoms with Gasteiger partial charge in [-0.1, -0.05) is 0 Å². The maximum Gasteiger partial charge on any atom is 0.123 e. The highest BCUT2D eigenvalue weighted by Gasteiger charge is 2.08. The number of aryl methyl sites for hydroxylation is 1. The second-order valence-electron chi connectivity index (χ2n) is 4.14. The number of nitrogens with two attached hydrogens (primary N) is 1. The van der Waals surface area contributed by atoms with Gasteiger partial charge in [0.15, 0.2) is 0 Å². The Labute approximate surface area is 102 Å². The fourth-order valence-electron chi connectivity index (χ4n) is 2.21. The summed E-state index contributed by atoms with van der Waals surface area (Å²) in [6.07, 6.45) is 0. The highest BCUT2D eigenvalue weighted by atomic mass is 15.1. The number of nitrogens with zero attached hydrogens (tertiary/aromatic N) is 3. The SMILES string of the molecule is CCN(CC)c1ccc2c(c1)nc(CN)n2C. The number of hydrogen-bond acceptors (Lipinski definition) is 3. The summed E-state index contributed by atoms with van der Waals surface area (Å²) in [6, 6.07) is 6.41. The number of fused-ring (bicyclic) bond motifs is 1. The first-order chi connectivity index (χ1) is 8.21. The Kier molecular flexibility index (Phi) is 3.33. The van der Waals surface area contributed by atoms with E-state index in [4.69, 9.17) is 5.73 Å². The standard InChI is InChI=1S/C13H20N4/c1-4-17(5-2)10-6-7-12-11(8-10)15-13(9-14)16(12)3/h6-8H,4-5,9,14H2,1-3H3. The molecule has 92 valence electrons. The second kappa shape index (κ2) is 4.75. The van der Waals surface area contributed by atoms with Crippen LogP contribution in [0.2, 0.25) is 0 Å². The molecular weight excluding hydrogens is 212 g/mol. The number of rotatable bonds is 4. The van der Waals surface area contributed by atoms with E-state index < -0.39 is 0 Å². The molecule has 1 aromatic heterocycles. The van der Waals surface area contributed by atoms with E-state index in [1.54, 1.807) is 0 Å². The molecule has 0 aliphatic rings. The van der Waals surface area contributed by atoms with Gasteiger partial charge in [0.2, 0.25) is 0 Å². The van der Waals surface area contributed by atoms with Crippen molar-refractivity contribution in [1.29, 1.82) is 0 Å². The first-order valence-electron chi connectivity index (χ1n) is 6.11. The molecule has 0 aliphatic heterocycles. The fraction of sp³-hybridized carbons (Fsp3) is 0.462. The third kappa shape index (κ3) is 2.00. The van der Waals surface area contributed by atoms with Crippen LogP contribution in [0.15, 0.2) is 18.2 Å². The van der Waals surface area contributed by atoms with Crippen molar-refractivity contribution in [2.45, 2.75) is 20.4 Å². The molecule has 0 fully saturated rings. The molecule has 2 rings (SSSR count). The summed E-state index contributed by atoms with van der Waals surface area (Å²) in [5, 5.41) is 0. The summed E-state index contributed by atoms with van der Waals surface area (Å²) in [4.78, 5) is 6.87. The highest BCUT2D eigenvalue weighted by molar-refractivity contribution is 5.80. The molecule has 2 N–H and O–H groups in total. The average Bonchev–Trinajstić information content (AvgIpc) is 2.67. The Morgan fingerprint density at radius 2 is 2.00 bits per heavy atom. The van der Waals surface area contributed by atoms with Crippen LogP contribution in [-0.4, -0.2) is 22.6 Å². The predicted octanol–water partition coefficient (Wildman–Crippen LogP) is 1.88. The van der Waals surface area contributed by atoms with Gasteiger partial charge in [0.25, 0.3) is 0 Å². The summed E-state index contributed by atoms with van der Waals surface area (Å²) in [6.45, 7) is 6.83. The molecule has 1 heterocycles. The molecular formula is C13H20N4. The molecule has 0 unspecified atom stereocenters. The molecule has 2 aromatic rings. The lowest BCUT2D eigenvalue weighted by atomic mass is 10.2. The minimum atomic E-state index is 0.478. The number of imidazole rings is 1. The molecule has 17 heavy (non-hydrogen) atoms. The molecule has 0 amide bonds. The molecule has 1 aromatic carbocycles. The zero-order valence-corrected chi connectivity index (χ0v) is 10.8. The Morgan fingerprint density at radius 1 is 1.29 bits per heavy atom. The van der Waals surface area contributed by atoms with Gasteiger partial charge < -0.3 is 15.2 Å². The Balaban J connectivity index is 2.50. The third-order valence-corrected chi connectivity index (χ3v) is 3.27. The molecule has 0 radical (unpaired) electrons. The van der Waals surface area contributed by atoms with Crippen LogP contribution in [0.3, 0.4) is 0 Å². The highest BCUT2D eigenvalue weighted by Crippen LogP contribution is 2.22.